The minimum atomic E-state index is 0.538. The zero-order valence-electron chi connectivity index (χ0n) is 10.6. The number of halogens is 1. The van der Waals surface area contributed by atoms with Crippen molar-refractivity contribution in [2.45, 2.75) is 31.8 Å². The molecule has 1 aromatic heterocycles. The van der Waals surface area contributed by atoms with Crippen molar-refractivity contribution >= 4 is 15.9 Å². The van der Waals surface area contributed by atoms with Crippen LogP contribution in [0.15, 0.2) is 41.0 Å². The Labute approximate surface area is 121 Å². The van der Waals surface area contributed by atoms with Crippen molar-refractivity contribution in [3.05, 3.63) is 57.8 Å². The SMILES string of the molecule is Brc1ccc2c(c1)CCC(NCc1cccnn1)C2. The molecule has 0 aliphatic heterocycles. The van der Waals surface area contributed by atoms with E-state index in [2.05, 4.69) is 49.6 Å². The number of fused-ring (bicyclic) bond motifs is 1. The zero-order chi connectivity index (χ0) is 13.1. The number of nitrogens with zero attached hydrogens (tertiary/aromatic N) is 2. The monoisotopic (exact) mass is 317 g/mol. The third-order valence-corrected chi connectivity index (χ3v) is 4.09. The Morgan fingerprint density at radius 3 is 3.05 bits per heavy atom. The summed E-state index contributed by atoms with van der Waals surface area (Å²) in [6.45, 7) is 0.796. The molecule has 0 saturated heterocycles. The van der Waals surface area contributed by atoms with Gasteiger partial charge in [-0.3, -0.25) is 0 Å². The lowest BCUT2D eigenvalue weighted by Crippen LogP contribution is -2.34. The molecule has 1 aromatic carbocycles. The van der Waals surface area contributed by atoms with Gasteiger partial charge >= 0.3 is 0 Å². The summed E-state index contributed by atoms with van der Waals surface area (Å²) in [6.07, 6.45) is 5.14. The van der Waals surface area contributed by atoms with Crippen molar-refractivity contribution in [3.8, 4) is 0 Å². The van der Waals surface area contributed by atoms with Crippen LogP contribution < -0.4 is 5.32 Å². The Morgan fingerprint density at radius 2 is 2.21 bits per heavy atom. The van der Waals surface area contributed by atoms with E-state index in [-0.39, 0.29) is 0 Å². The first-order valence-corrected chi connectivity index (χ1v) is 7.38. The number of benzene rings is 1. The molecule has 2 aromatic rings. The molecule has 1 aliphatic carbocycles. The summed E-state index contributed by atoms with van der Waals surface area (Å²) in [7, 11) is 0. The van der Waals surface area contributed by atoms with Crippen molar-refractivity contribution in [3.63, 3.8) is 0 Å². The summed E-state index contributed by atoms with van der Waals surface area (Å²) in [5, 5.41) is 11.6. The molecular weight excluding hydrogens is 302 g/mol. The highest BCUT2D eigenvalue weighted by Crippen LogP contribution is 2.24. The molecule has 1 N–H and O–H groups in total. The molecule has 3 nitrogen and oxygen atoms in total. The van der Waals surface area contributed by atoms with E-state index in [0.29, 0.717) is 6.04 Å². The summed E-state index contributed by atoms with van der Waals surface area (Å²) < 4.78 is 1.18. The van der Waals surface area contributed by atoms with Crippen LogP contribution in [0.4, 0.5) is 0 Å². The zero-order valence-corrected chi connectivity index (χ0v) is 12.2. The maximum absolute atomic E-state index is 4.10. The van der Waals surface area contributed by atoms with Gasteiger partial charge in [0.1, 0.15) is 0 Å². The fourth-order valence-electron chi connectivity index (χ4n) is 2.57. The van der Waals surface area contributed by atoms with Crippen LogP contribution in [0.5, 0.6) is 0 Å². The van der Waals surface area contributed by atoms with Crippen LogP contribution in [0.2, 0.25) is 0 Å². The van der Waals surface area contributed by atoms with E-state index in [9.17, 15) is 0 Å². The van der Waals surface area contributed by atoms with E-state index in [1.165, 1.54) is 22.0 Å². The van der Waals surface area contributed by atoms with Crippen LogP contribution in [0.3, 0.4) is 0 Å². The molecule has 1 heterocycles. The summed E-state index contributed by atoms with van der Waals surface area (Å²) >= 11 is 3.54. The lowest BCUT2D eigenvalue weighted by Gasteiger charge is -2.25. The van der Waals surface area contributed by atoms with Crippen molar-refractivity contribution in [2.75, 3.05) is 0 Å². The van der Waals surface area contributed by atoms with Gasteiger partial charge in [-0.1, -0.05) is 22.0 Å². The normalized spacial score (nSPS) is 18.1. The Hall–Kier alpha value is -1.26. The average molecular weight is 318 g/mol. The van der Waals surface area contributed by atoms with Crippen LogP contribution in [0.25, 0.3) is 0 Å². The summed E-state index contributed by atoms with van der Waals surface area (Å²) in [6, 6.07) is 11.1. The topological polar surface area (TPSA) is 37.8 Å². The minimum absolute atomic E-state index is 0.538. The molecule has 4 heteroatoms. The van der Waals surface area contributed by atoms with E-state index in [1.807, 2.05) is 12.1 Å². The van der Waals surface area contributed by atoms with Crippen LogP contribution in [-0.2, 0) is 19.4 Å². The number of aromatic nitrogens is 2. The lowest BCUT2D eigenvalue weighted by molar-refractivity contribution is 0.453. The summed E-state index contributed by atoms with van der Waals surface area (Å²) in [5.74, 6) is 0. The third-order valence-electron chi connectivity index (χ3n) is 3.60. The summed E-state index contributed by atoms with van der Waals surface area (Å²) in [4.78, 5) is 0. The molecule has 0 saturated carbocycles. The molecule has 1 atom stereocenters. The van der Waals surface area contributed by atoms with Gasteiger partial charge in [0.2, 0.25) is 0 Å². The second-order valence-electron chi connectivity index (χ2n) is 4.95. The lowest BCUT2D eigenvalue weighted by atomic mass is 9.88. The average Bonchev–Trinajstić information content (AvgIpc) is 2.46. The first-order chi connectivity index (χ1) is 9.31. The van der Waals surface area contributed by atoms with Crippen molar-refractivity contribution in [1.29, 1.82) is 0 Å². The van der Waals surface area contributed by atoms with Crippen LogP contribution in [-0.4, -0.2) is 16.2 Å². The molecule has 0 radical (unpaired) electrons. The first kappa shape index (κ1) is 12.8. The highest BCUT2D eigenvalue weighted by atomic mass is 79.9. The minimum Gasteiger partial charge on any atom is -0.308 e. The molecule has 0 bridgehead atoms. The smallest absolute Gasteiger partial charge is 0.0769 e. The number of aryl methyl sites for hydroxylation is 1. The number of hydrogen-bond donors (Lipinski definition) is 1. The van der Waals surface area contributed by atoms with Gasteiger partial charge in [0.15, 0.2) is 0 Å². The van der Waals surface area contributed by atoms with Gasteiger partial charge in [-0.05, 0) is 54.7 Å². The van der Waals surface area contributed by atoms with E-state index in [1.54, 1.807) is 6.20 Å². The first-order valence-electron chi connectivity index (χ1n) is 6.58. The highest BCUT2D eigenvalue weighted by molar-refractivity contribution is 9.10. The second-order valence-corrected chi connectivity index (χ2v) is 5.86. The number of rotatable bonds is 3. The van der Waals surface area contributed by atoms with Crippen molar-refractivity contribution in [1.82, 2.24) is 15.5 Å². The maximum Gasteiger partial charge on any atom is 0.0769 e. The van der Waals surface area contributed by atoms with Crippen LogP contribution >= 0.6 is 15.9 Å². The molecule has 1 aliphatic rings. The molecule has 1 unspecified atom stereocenters. The second kappa shape index (κ2) is 5.80. The predicted octanol–water partition coefficient (Wildman–Crippen LogP) is 2.89. The predicted molar refractivity (Wildman–Crippen MR) is 78.8 cm³/mol. The van der Waals surface area contributed by atoms with Gasteiger partial charge in [-0.25, -0.2) is 0 Å². The van der Waals surface area contributed by atoms with Crippen LogP contribution in [0, 0.1) is 0 Å². The molecule has 0 fully saturated rings. The van der Waals surface area contributed by atoms with Gasteiger partial charge in [0.05, 0.1) is 5.69 Å². The Balaban J connectivity index is 1.61. The quantitative estimate of drug-likeness (QED) is 0.946. The van der Waals surface area contributed by atoms with Crippen LogP contribution in [0.1, 0.15) is 23.2 Å². The molecule has 0 amide bonds. The fourth-order valence-corrected chi connectivity index (χ4v) is 2.98. The molecular formula is C15H16BrN3. The molecule has 3 rings (SSSR count). The number of hydrogen-bond acceptors (Lipinski definition) is 3. The number of nitrogens with one attached hydrogen (secondary N) is 1. The summed E-state index contributed by atoms with van der Waals surface area (Å²) in [5.41, 5.74) is 3.95. The van der Waals surface area contributed by atoms with E-state index < -0.39 is 0 Å². The largest absolute Gasteiger partial charge is 0.308 e. The molecule has 19 heavy (non-hydrogen) atoms. The molecule has 0 spiro atoms. The highest BCUT2D eigenvalue weighted by Gasteiger charge is 2.18. The van der Waals surface area contributed by atoms with Gasteiger partial charge in [-0.2, -0.15) is 10.2 Å². The maximum atomic E-state index is 4.10. The Bertz CT molecular complexity index is 557. The van der Waals surface area contributed by atoms with Gasteiger partial charge in [-0.15, -0.1) is 0 Å². The van der Waals surface area contributed by atoms with Gasteiger partial charge < -0.3 is 5.32 Å². The van der Waals surface area contributed by atoms with Crippen molar-refractivity contribution < 1.29 is 0 Å². The van der Waals surface area contributed by atoms with Gasteiger partial charge in [0, 0.05) is 23.3 Å². The Kier molecular flexibility index (Phi) is 3.89. The van der Waals surface area contributed by atoms with E-state index in [0.717, 1.165) is 25.1 Å². The van der Waals surface area contributed by atoms with Crippen molar-refractivity contribution in [2.24, 2.45) is 0 Å². The fraction of sp³-hybridized carbons (Fsp3) is 0.333. The van der Waals surface area contributed by atoms with E-state index in [4.69, 9.17) is 0 Å². The molecule has 98 valence electrons. The standard InChI is InChI=1S/C15H16BrN3/c16-13-5-3-12-9-14(6-4-11(12)8-13)17-10-15-2-1-7-18-19-15/h1-3,5,7-8,14,17H,4,6,9-10H2. The van der Waals surface area contributed by atoms with Gasteiger partial charge in [0.25, 0.3) is 0 Å². The van der Waals surface area contributed by atoms with E-state index >= 15 is 0 Å². The Morgan fingerprint density at radius 1 is 1.26 bits per heavy atom. The third kappa shape index (κ3) is 3.19.